The zero-order valence-corrected chi connectivity index (χ0v) is 7.62. The van der Waals surface area contributed by atoms with Crippen LogP contribution in [0.2, 0.25) is 0 Å². The van der Waals surface area contributed by atoms with Crippen LogP contribution in [-0.4, -0.2) is 12.8 Å². The molecule has 1 aliphatic rings. The van der Waals surface area contributed by atoms with Crippen LogP contribution in [0.5, 0.6) is 5.75 Å². The molecule has 70 valence electrons. The van der Waals surface area contributed by atoms with Crippen molar-refractivity contribution in [3.63, 3.8) is 0 Å². The van der Waals surface area contributed by atoms with Gasteiger partial charge in [-0.1, -0.05) is 17.7 Å². The normalized spacial score (nSPS) is 20.6. The highest BCUT2D eigenvalue weighted by molar-refractivity contribution is 5.37. The minimum absolute atomic E-state index is 0.282. The highest BCUT2D eigenvalue weighted by atomic mass is 16.7. The van der Waals surface area contributed by atoms with Gasteiger partial charge in [-0.25, -0.2) is 0 Å². The van der Waals surface area contributed by atoms with Gasteiger partial charge in [0.2, 0.25) is 6.29 Å². The molecule has 0 fully saturated rings. The van der Waals surface area contributed by atoms with Gasteiger partial charge >= 0.3 is 0 Å². The summed E-state index contributed by atoms with van der Waals surface area (Å²) in [6.45, 7) is 3.04. The molecule has 0 bridgehead atoms. The van der Waals surface area contributed by atoms with E-state index in [1.807, 2.05) is 12.1 Å². The van der Waals surface area contributed by atoms with Crippen LogP contribution in [-0.2, 0) is 11.3 Å². The standard InChI is InChI=1S/C10H13NO2/c1-7-2-3-9-8(4-7)6-12-10(5-11)13-9/h2-4,10H,5-6,11H2,1H3. The molecule has 3 heteroatoms. The number of benzene rings is 1. The molecule has 0 amide bonds. The second-order valence-electron chi connectivity index (χ2n) is 3.21. The summed E-state index contributed by atoms with van der Waals surface area (Å²) in [4.78, 5) is 0. The molecular formula is C10H13NO2. The van der Waals surface area contributed by atoms with Crippen molar-refractivity contribution in [1.29, 1.82) is 0 Å². The molecule has 1 aliphatic heterocycles. The van der Waals surface area contributed by atoms with Gasteiger partial charge in [0.1, 0.15) is 5.75 Å². The zero-order valence-electron chi connectivity index (χ0n) is 7.62. The van der Waals surface area contributed by atoms with E-state index in [-0.39, 0.29) is 6.29 Å². The molecule has 13 heavy (non-hydrogen) atoms. The number of fused-ring (bicyclic) bond motifs is 1. The Labute approximate surface area is 77.5 Å². The predicted molar refractivity (Wildman–Crippen MR) is 49.4 cm³/mol. The second-order valence-corrected chi connectivity index (χ2v) is 3.21. The van der Waals surface area contributed by atoms with Crippen LogP contribution in [0.15, 0.2) is 18.2 Å². The minimum Gasteiger partial charge on any atom is -0.463 e. The molecule has 0 aliphatic carbocycles. The first-order chi connectivity index (χ1) is 6.29. The van der Waals surface area contributed by atoms with Crippen molar-refractivity contribution in [3.8, 4) is 5.75 Å². The van der Waals surface area contributed by atoms with E-state index < -0.39 is 0 Å². The molecule has 0 spiro atoms. The molecule has 0 saturated heterocycles. The van der Waals surface area contributed by atoms with E-state index in [1.165, 1.54) is 5.56 Å². The molecule has 1 atom stereocenters. The van der Waals surface area contributed by atoms with Gasteiger partial charge in [-0.05, 0) is 13.0 Å². The van der Waals surface area contributed by atoms with Gasteiger partial charge < -0.3 is 15.2 Å². The molecule has 1 unspecified atom stereocenters. The van der Waals surface area contributed by atoms with Gasteiger partial charge in [0.15, 0.2) is 0 Å². The van der Waals surface area contributed by atoms with Crippen molar-refractivity contribution in [3.05, 3.63) is 29.3 Å². The predicted octanol–water partition coefficient (Wildman–Crippen LogP) is 1.19. The van der Waals surface area contributed by atoms with Crippen LogP contribution in [0.25, 0.3) is 0 Å². The number of ether oxygens (including phenoxy) is 2. The summed E-state index contributed by atoms with van der Waals surface area (Å²) in [5.41, 5.74) is 7.76. The van der Waals surface area contributed by atoms with E-state index in [0.29, 0.717) is 13.2 Å². The molecule has 3 nitrogen and oxygen atoms in total. The smallest absolute Gasteiger partial charge is 0.212 e. The monoisotopic (exact) mass is 179 g/mol. The zero-order chi connectivity index (χ0) is 9.26. The van der Waals surface area contributed by atoms with E-state index in [2.05, 4.69) is 13.0 Å². The van der Waals surface area contributed by atoms with E-state index in [1.54, 1.807) is 0 Å². The van der Waals surface area contributed by atoms with Crippen molar-refractivity contribution in [2.24, 2.45) is 5.73 Å². The summed E-state index contributed by atoms with van der Waals surface area (Å²) in [6, 6.07) is 6.07. The van der Waals surface area contributed by atoms with E-state index in [9.17, 15) is 0 Å². The Hall–Kier alpha value is -1.06. The lowest BCUT2D eigenvalue weighted by Gasteiger charge is -2.25. The molecule has 1 aromatic carbocycles. The van der Waals surface area contributed by atoms with Gasteiger partial charge in [0.05, 0.1) is 13.2 Å². The van der Waals surface area contributed by atoms with Crippen LogP contribution in [0, 0.1) is 6.92 Å². The van der Waals surface area contributed by atoms with Crippen LogP contribution < -0.4 is 10.5 Å². The first-order valence-electron chi connectivity index (χ1n) is 4.37. The minimum atomic E-state index is -0.282. The van der Waals surface area contributed by atoms with Crippen molar-refractivity contribution in [2.75, 3.05) is 6.54 Å². The Morgan fingerprint density at radius 1 is 1.54 bits per heavy atom. The second kappa shape index (κ2) is 3.36. The van der Waals surface area contributed by atoms with E-state index in [0.717, 1.165) is 11.3 Å². The first-order valence-corrected chi connectivity index (χ1v) is 4.37. The fourth-order valence-corrected chi connectivity index (χ4v) is 1.41. The third-order valence-electron chi connectivity index (χ3n) is 2.09. The highest BCUT2D eigenvalue weighted by Gasteiger charge is 2.18. The van der Waals surface area contributed by atoms with Crippen LogP contribution in [0.4, 0.5) is 0 Å². The number of rotatable bonds is 1. The highest BCUT2D eigenvalue weighted by Crippen LogP contribution is 2.26. The number of aryl methyl sites for hydroxylation is 1. The number of hydrogen-bond donors (Lipinski definition) is 1. The van der Waals surface area contributed by atoms with Gasteiger partial charge in [-0.2, -0.15) is 0 Å². The Morgan fingerprint density at radius 2 is 2.38 bits per heavy atom. The summed E-state index contributed by atoms with van der Waals surface area (Å²) in [5.74, 6) is 0.896. The molecule has 1 heterocycles. The van der Waals surface area contributed by atoms with Gasteiger partial charge in [-0.3, -0.25) is 0 Å². The van der Waals surface area contributed by atoms with E-state index >= 15 is 0 Å². The fourth-order valence-electron chi connectivity index (χ4n) is 1.41. The van der Waals surface area contributed by atoms with Crippen molar-refractivity contribution in [2.45, 2.75) is 19.8 Å². The fraction of sp³-hybridized carbons (Fsp3) is 0.400. The molecule has 0 aromatic heterocycles. The van der Waals surface area contributed by atoms with Crippen molar-refractivity contribution >= 4 is 0 Å². The van der Waals surface area contributed by atoms with Crippen molar-refractivity contribution < 1.29 is 9.47 Å². The molecule has 0 saturated carbocycles. The summed E-state index contributed by atoms with van der Waals surface area (Å²) in [6.07, 6.45) is -0.282. The Balaban J connectivity index is 2.26. The van der Waals surface area contributed by atoms with Gasteiger partial charge in [0, 0.05) is 5.56 Å². The lowest BCUT2D eigenvalue weighted by Crippen LogP contribution is -2.32. The lowest BCUT2D eigenvalue weighted by atomic mass is 10.1. The molecule has 0 radical (unpaired) electrons. The van der Waals surface area contributed by atoms with Crippen LogP contribution in [0.1, 0.15) is 11.1 Å². The van der Waals surface area contributed by atoms with Crippen LogP contribution >= 0.6 is 0 Å². The summed E-state index contributed by atoms with van der Waals surface area (Å²) >= 11 is 0. The van der Waals surface area contributed by atoms with Crippen molar-refractivity contribution in [1.82, 2.24) is 0 Å². The maximum atomic E-state index is 5.49. The number of nitrogens with two attached hydrogens (primary N) is 1. The summed E-state index contributed by atoms with van der Waals surface area (Å²) in [7, 11) is 0. The number of hydrogen-bond acceptors (Lipinski definition) is 3. The molecule has 2 rings (SSSR count). The SMILES string of the molecule is Cc1ccc2c(c1)COC(CN)O2. The largest absolute Gasteiger partial charge is 0.463 e. The molecule has 1 aromatic rings. The average molecular weight is 179 g/mol. The maximum Gasteiger partial charge on any atom is 0.212 e. The lowest BCUT2D eigenvalue weighted by molar-refractivity contribution is -0.100. The van der Waals surface area contributed by atoms with E-state index in [4.69, 9.17) is 15.2 Å². The quantitative estimate of drug-likeness (QED) is 0.704. The Morgan fingerprint density at radius 3 is 3.15 bits per heavy atom. The first kappa shape index (κ1) is 8.53. The Bertz CT molecular complexity index is 312. The summed E-state index contributed by atoms with van der Waals surface area (Å²) in [5, 5.41) is 0. The average Bonchev–Trinajstić information content (AvgIpc) is 2.17. The van der Waals surface area contributed by atoms with Gasteiger partial charge in [0.25, 0.3) is 0 Å². The van der Waals surface area contributed by atoms with Crippen LogP contribution in [0.3, 0.4) is 0 Å². The van der Waals surface area contributed by atoms with Gasteiger partial charge in [-0.15, -0.1) is 0 Å². The molecule has 2 N–H and O–H groups in total. The third kappa shape index (κ3) is 1.66. The third-order valence-corrected chi connectivity index (χ3v) is 2.09. The summed E-state index contributed by atoms with van der Waals surface area (Å²) < 4.78 is 10.9. The topological polar surface area (TPSA) is 44.5 Å². The maximum absolute atomic E-state index is 5.49. The molecular weight excluding hydrogens is 166 g/mol. The Kier molecular flexibility index (Phi) is 2.20.